The number of H-pyrrole nitrogens is 2. The maximum atomic E-state index is 11.1. The average Bonchev–Trinajstić information content (AvgIpc) is 2.41. The lowest BCUT2D eigenvalue weighted by molar-refractivity contribution is 0.310. The summed E-state index contributed by atoms with van der Waals surface area (Å²) in [6.07, 6.45) is 1.41. The van der Waals surface area contributed by atoms with E-state index >= 15 is 0 Å². The van der Waals surface area contributed by atoms with Crippen LogP contribution in [-0.4, -0.2) is 16.8 Å². The second kappa shape index (κ2) is 6.04. The highest BCUT2D eigenvalue weighted by Gasteiger charge is 1.99. The Morgan fingerprint density at radius 1 is 1.11 bits per heavy atom. The first kappa shape index (κ1) is 13.1. The van der Waals surface area contributed by atoms with Gasteiger partial charge in [-0.15, -0.1) is 0 Å². The van der Waals surface area contributed by atoms with Gasteiger partial charge in [-0.1, -0.05) is 17.7 Å². The summed E-state index contributed by atoms with van der Waals surface area (Å²) in [7, 11) is 0. The molecule has 0 bridgehead atoms. The minimum absolute atomic E-state index is 0.520. The van der Waals surface area contributed by atoms with Crippen molar-refractivity contribution < 1.29 is 4.74 Å². The predicted molar refractivity (Wildman–Crippen MR) is 72.7 cm³/mol. The van der Waals surface area contributed by atoms with Gasteiger partial charge in [0.2, 0.25) is 5.43 Å². The lowest BCUT2D eigenvalue weighted by Gasteiger charge is -2.06. The molecule has 0 aliphatic rings. The number of rotatable bonds is 5. The summed E-state index contributed by atoms with van der Waals surface area (Å²) >= 11 is 0. The Bertz CT molecular complexity index is 641. The molecule has 1 heterocycles. The van der Waals surface area contributed by atoms with E-state index in [4.69, 9.17) is 4.74 Å². The zero-order valence-electron chi connectivity index (χ0n) is 10.7. The maximum absolute atomic E-state index is 11.1. The highest BCUT2D eigenvalue weighted by Crippen LogP contribution is 2.11. The molecule has 2 N–H and O–H groups in total. The van der Waals surface area contributed by atoms with Crippen LogP contribution in [-0.2, 0) is 6.42 Å². The molecule has 0 saturated heterocycles. The van der Waals surface area contributed by atoms with Gasteiger partial charge in [0.25, 0.3) is 0 Å². The second-order valence-electron chi connectivity index (χ2n) is 4.38. The number of hydrogen-bond donors (Lipinski definition) is 2. The molecule has 0 fully saturated rings. The number of aryl methyl sites for hydroxylation is 2. The van der Waals surface area contributed by atoms with Crippen molar-refractivity contribution in [1.82, 2.24) is 10.2 Å². The van der Waals surface area contributed by atoms with Crippen LogP contribution in [0.15, 0.2) is 39.9 Å². The standard InChI is InChI=1S/C14H16N2O3/c1-10-4-6-12(7-5-10)19-8-2-3-11-9-13(17)14(18)16-15-11/h4-7,9H,2-3,8H2,1H3,(H,15,17)(H,16,18). The smallest absolute Gasteiger partial charge is 0.310 e. The lowest BCUT2D eigenvalue weighted by Crippen LogP contribution is -2.27. The quantitative estimate of drug-likeness (QED) is 0.630. The zero-order valence-corrected chi connectivity index (χ0v) is 10.7. The number of benzene rings is 1. The van der Waals surface area contributed by atoms with E-state index in [2.05, 4.69) is 10.2 Å². The normalized spacial score (nSPS) is 10.4. The number of aromatic amines is 2. The minimum Gasteiger partial charge on any atom is -0.494 e. The van der Waals surface area contributed by atoms with Crippen molar-refractivity contribution in [2.24, 2.45) is 0 Å². The van der Waals surface area contributed by atoms with Crippen LogP contribution in [0.25, 0.3) is 0 Å². The van der Waals surface area contributed by atoms with E-state index < -0.39 is 11.0 Å². The van der Waals surface area contributed by atoms with Crippen LogP contribution in [0.1, 0.15) is 17.7 Å². The molecule has 5 nitrogen and oxygen atoms in total. The highest BCUT2D eigenvalue weighted by atomic mass is 16.5. The van der Waals surface area contributed by atoms with Crippen molar-refractivity contribution in [2.45, 2.75) is 19.8 Å². The fourth-order valence-corrected chi connectivity index (χ4v) is 1.68. The minimum atomic E-state index is -0.625. The molecular formula is C14H16N2O3. The van der Waals surface area contributed by atoms with Gasteiger partial charge in [0, 0.05) is 11.8 Å². The third-order valence-corrected chi connectivity index (χ3v) is 2.75. The highest BCUT2D eigenvalue weighted by molar-refractivity contribution is 5.26. The van der Waals surface area contributed by atoms with E-state index in [9.17, 15) is 9.59 Å². The molecule has 1 aromatic carbocycles. The summed E-state index contributed by atoms with van der Waals surface area (Å²) < 4.78 is 5.57. The largest absolute Gasteiger partial charge is 0.494 e. The molecule has 0 aliphatic heterocycles. The Balaban J connectivity index is 1.80. The van der Waals surface area contributed by atoms with Crippen molar-refractivity contribution in [3.8, 4) is 5.75 Å². The van der Waals surface area contributed by atoms with Crippen molar-refractivity contribution >= 4 is 0 Å². The van der Waals surface area contributed by atoms with E-state index in [0.717, 1.165) is 12.2 Å². The maximum Gasteiger partial charge on any atom is 0.310 e. The Hall–Kier alpha value is -2.30. The summed E-state index contributed by atoms with van der Waals surface area (Å²) in [4.78, 5) is 22.0. The molecule has 5 heteroatoms. The predicted octanol–water partition coefficient (Wildman–Crippen LogP) is 1.38. The molecule has 0 unspecified atom stereocenters. The molecule has 1 aromatic heterocycles. The first-order valence-corrected chi connectivity index (χ1v) is 6.15. The molecule has 2 rings (SSSR count). The van der Waals surface area contributed by atoms with E-state index in [1.165, 1.54) is 11.6 Å². The molecule has 0 spiro atoms. The van der Waals surface area contributed by atoms with Crippen LogP contribution < -0.4 is 15.7 Å². The van der Waals surface area contributed by atoms with E-state index in [-0.39, 0.29) is 0 Å². The first-order valence-electron chi connectivity index (χ1n) is 6.15. The summed E-state index contributed by atoms with van der Waals surface area (Å²) in [5.41, 5.74) is 0.753. The van der Waals surface area contributed by atoms with Gasteiger partial charge in [-0.05, 0) is 31.9 Å². The summed E-state index contributed by atoms with van der Waals surface area (Å²) in [6, 6.07) is 9.17. The van der Waals surface area contributed by atoms with Gasteiger partial charge < -0.3 is 9.84 Å². The van der Waals surface area contributed by atoms with E-state index in [1.807, 2.05) is 31.2 Å². The zero-order chi connectivity index (χ0) is 13.7. The SMILES string of the molecule is Cc1ccc(OCCCc2cc(=O)c(=O)[nH][nH]2)cc1. The molecule has 19 heavy (non-hydrogen) atoms. The van der Waals surface area contributed by atoms with E-state index in [0.29, 0.717) is 18.7 Å². The third-order valence-electron chi connectivity index (χ3n) is 2.75. The number of hydrogen-bond acceptors (Lipinski definition) is 3. The van der Waals surface area contributed by atoms with Crippen molar-refractivity contribution in [1.29, 1.82) is 0 Å². The first-order chi connectivity index (χ1) is 9.15. The number of ether oxygens (including phenoxy) is 1. The summed E-state index contributed by atoms with van der Waals surface area (Å²) in [5, 5.41) is 4.99. The topological polar surface area (TPSA) is 75.0 Å². The molecule has 0 saturated carbocycles. The second-order valence-corrected chi connectivity index (χ2v) is 4.38. The van der Waals surface area contributed by atoms with Gasteiger partial charge in [0.1, 0.15) is 5.75 Å². The van der Waals surface area contributed by atoms with Gasteiger partial charge in [-0.3, -0.25) is 14.7 Å². The number of nitrogens with one attached hydrogen (secondary N) is 2. The third kappa shape index (κ3) is 3.84. The van der Waals surface area contributed by atoms with Crippen LogP contribution in [0.2, 0.25) is 0 Å². The van der Waals surface area contributed by atoms with Crippen molar-refractivity contribution in [2.75, 3.05) is 6.61 Å². The lowest BCUT2D eigenvalue weighted by atomic mass is 10.2. The van der Waals surface area contributed by atoms with Gasteiger partial charge in [0.15, 0.2) is 0 Å². The van der Waals surface area contributed by atoms with Crippen LogP contribution >= 0.6 is 0 Å². The van der Waals surface area contributed by atoms with Gasteiger partial charge >= 0.3 is 5.56 Å². The van der Waals surface area contributed by atoms with Crippen LogP contribution in [0.3, 0.4) is 0 Å². The Kier molecular flexibility index (Phi) is 4.18. The van der Waals surface area contributed by atoms with Crippen molar-refractivity contribution in [3.63, 3.8) is 0 Å². The molecule has 0 atom stereocenters. The van der Waals surface area contributed by atoms with Crippen LogP contribution in [0.5, 0.6) is 5.75 Å². The van der Waals surface area contributed by atoms with E-state index in [1.54, 1.807) is 0 Å². The van der Waals surface area contributed by atoms with Crippen LogP contribution in [0.4, 0.5) is 0 Å². The fourth-order valence-electron chi connectivity index (χ4n) is 1.68. The molecule has 0 radical (unpaired) electrons. The molecule has 100 valence electrons. The monoisotopic (exact) mass is 260 g/mol. The van der Waals surface area contributed by atoms with Gasteiger partial charge in [-0.2, -0.15) is 0 Å². The Morgan fingerprint density at radius 3 is 2.53 bits per heavy atom. The number of aromatic nitrogens is 2. The molecular weight excluding hydrogens is 244 g/mol. The Labute approximate surface area is 110 Å². The molecule has 0 amide bonds. The Morgan fingerprint density at radius 2 is 1.84 bits per heavy atom. The molecule has 2 aromatic rings. The average molecular weight is 260 g/mol. The summed E-state index contributed by atoms with van der Waals surface area (Å²) in [6.45, 7) is 2.58. The van der Waals surface area contributed by atoms with Gasteiger partial charge in [0.05, 0.1) is 6.61 Å². The van der Waals surface area contributed by atoms with Crippen LogP contribution in [0, 0.1) is 6.92 Å². The van der Waals surface area contributed by atoms with Crippen molar-refractivity contribution in [3.05, 3.63) is 62.2 Å². The summed E-state index contributed by atoms with van der Waals surface area (Å²) in [5.74, 6) is 0.834. The molecule has 0 aliphatic carbocycles. The fraction of sp³-hybridized carbons (Fsp3) is 0.286. The van der Waals surface area contributed by atoms with Gasteiger partial charge in [-0.25, -0.2) is 0 Å².